The predicted molar refractivity (Wildman–Crippen MR) is 140 cm³/mol. The summed E-state index contributed by atoms with van der Waals surface area (Å²) in [6.07, 6.45) is 0. The minimum absolute atomic E-state index is 0.0398. The number of hydrogen-bond acceptors (Lipinski definition) is 3. The van der Waals surface area contributed by atoms with Gasteiger partial charge in [-0.2, -0.15) is 0 Å². The van der Waals surface area contributed by atoms with E-state index in [2.05, 4.69) is 93.6 Å². The first-order chi connectivity index (χ1) is 16.5. The second kappa shape index (κ2) is 9.03. The van der Waals surface area contributed by atoms with Crippen molar-refractivity contribution >= 4 is 0 Å². The van der Waals surface area contributed by atoms with Gasteiger partial charge in [0.15, 0.2) is 17.5 Å². The summed E-state index contributed by atoms with van der Waals surface area (Å²) in [7, 11) is 0. The molecule has 0 spiro atoms. The smallest absolute Gasteiger partial charge is 0.164 e. The number of nitrogens with zero attached hydrogens (tertiary/aromatic N) is 3. The van der Waals surface area contributed by atoms with Crippen molar-refractivity contribution in [3.63, 3.8) is 0 Å². The zero-order valence-electron chi connectivity index (χ0n) is 19.7. The highest BCUT2D eigenvalue weighted by atomic mass is 15.0. The van der Waals surface area contributed by atoms with Gasteiger partial charge in [-0.05, 0) is 34.2 Å². The van der Waals surface area contributed by atoms with Crippen LogP contribution in [0.3, 0.4) is 0 Å². The van der Waals surface area contributed by atoms with Gasteiger partial charge in [0.25, 0.3) is 0 Å². The molecular weight excluding hydrogens is 414 g/mol. The van der Waals surface area contributed by atoms with Crippen LogP contribution in [0.5, 0.6) is 0 Å². The fourth-order valence-electron chi connectivity index (χ4n) is 3.94. The average molecular weight is 442 g/mol. The lowest BCUT2D eigenvalue weighted by atomic mass is 9.86. The maximum Gasteiger partial charge on any atom is 0.164 e. The van der Waals surface area contributed by atoms with Gasteiger partial charge in [0.05, 0.1) is 0 Å². The standard InChI is InChI=1S/C31H27N3/c1-31(2,3)27-19-11-18-26(21-27)30-33-28(23-14-8-5-9-15-23)32-29(34-30)25-17-10-16-24(20-25)22-12-6-4-7-13-22/h4-21H,1-3H3. The van der Waals surface area contributed by atoms with E-state index in [0.717, 1.165) is 22.3 Å². The van der Waals surface area contributed by atoms with Crippen LogP contribution < -0.4 is 0 Å². The molecule has 0 N–H and O–H groups in total. The molecule has 0 aliphatic heterocycles. The molecule has 0 aliphatic carbocycles. The molecule has 5 aromatic rings. The van der Waals surface area contributed by atoms with E-state index in [9.17, 15) is 0 Å². The first-order valence-electron chi connectivity index (χ1n) is 11.6. The number of hydrogen-bond donors (Lipinski definition) is 0. The van der Waals surface area contributed by atoms with Crippen LogP contribution in [-0.2, 0) is 5.41 Å². The largest absolute Gasteiger partial charge is 0.208 e. The van der Waals surface area contributed by atoms with Crippen molar-refractivity contribution in [2.45, 2.75) is 26.2 Å². The molecule has 0 radical (unpaired) electrons. The highest BCUT2D eigenvalue weighted by Gasteiger charge is 2.17. The molecule has 0 saturated heterocycles. The quantitative estimate of drug-likeness (QED) is 0.285. The molecule has 0 amide bonds. The highest BCUT2D eigenvalue weighted by molar-refractivity contribution is 5.72. The van der Waals surface area contributed by atoms with Crippen molar-refractivity contribution in [2.24, 2.45) is 0 Å². The van der Waals surface area contributed by atoms with Gasteiger partial charge >= 0.3 is 0 Å². The van der Waals surface area contributed by atoms with Gasteiger partial charge < -0.3 is 0 Å². The number of rotatable bonds is 4. The van der Waals surface area contributed by atoms with Gasteiger partial charge in [-0.1, -0.05) is 118 Å². The Bertz CT molecular complexity index is 1420. The van der Waals surface area contributed by atoms with Crippen LogP contribution in [0.1, 0.15) is 26.3 Å². The van der Waals surface area contributed by atoms with E-state index in [-0.39, 0.29) is 5.41 Å². The van der Waals surface area contributed by atoms with E-state index in [1.807, 2.05) is 36.4 Å². The van der Waals surface area contributed by atoms with Gasteiger partial charge in [-0.15, -0.1) is 0 Å². The molecule has 3 heteroatoms. The molecule has 1 heterocycles. The molecule has 0 aliphatic rings. The first-order valence-corrected chi connectivity index (χ1v) is 11.6. The summed E-state index contributed by atoms with van der Waals surface area (Å²) in [5, 5.41) is 0. The maximum absolute atomic E-state index is 4.94. The summed E-state index contributed by atoms with van der Waals surface area (Å²) >= 11 is 0. The fourth-order valence-corrected chi connectivity index (χ4v) is 3.94. The third kappa shape index (κ3) is 4.65. The van der Waals surface area contributed by atoms with Gasteiger partial charge in [0.2, 0.25) is 0 Å². The molecule has 0 bridgehead atoms. The number of benzene rings is 4. The monoisotopic (exact) mass is 441 g/mol. The first kappa shape index (κ1) is 21.7. The Labute approximate surface area is 201 Å². The van der Waals surface area contributed by atoms with Crippen LogP contribution >= 0.6 is 0 Å². The van der Waals surface area contributed by atoms with Crippen molar-refractivity contribution in [1.82, 2.24) is 15.0 Å². The Morgan fingerprint density at radius 1 is 0.412 bits per heavy atom. The third-order valence-electron chi connectivity index (χ3n) is 5.88. The van der Waals surface area contributed by atoms with Crippen LogP contribution in [0.25, 0.3) is 45.3 Å². The number of aromatic nitrogens is 3. The summed E-state index contributed by atoms with van der Waals surface area (Å²) in [6, 6.07) is 37.4. The minimum Gasteiger partial charge on any atom is -0.208 e. The van der Waals surface area contributed by atoms with Crippen molar-refractivity contribution in [2.75, 3.05) is 0 Å². The zero-order chi connectivity index (χ0) is 23.5. The summed E-state index contributed by atoms with van der Waals surface area (Å²) in [5.41, 5.74) is 6.52. The van der Waals surface area contributed by atoms with E-state index >= 15 is 0 Å². The van der Waals surface area contributed by atoms with Gasteiger partial charge in [0, 0.05) is 16.7 Å². The third-order valence-corrected chi connectivity index (χ3v) is 5.88. The van der Waals surface area contributed by atoms with Gasteiger partial charge in [-0.25, -0.2) is 15.0 Å². The lowest BCUT2D eigenvalue weighted by molar-refractivity contribution is 0.590. The van der Waals surface area contributed by atoms with Crippen LogP contribution in [0, 0.1) is 0 Å². The van der Waals surface area contributed by atoms with Gasteiger partial charge in [-0.3, -0.25) is 0 Å². The minimum atomic E-state index is 0.0398. The molecule has 1 aromatic heterocycles. The van der Waals surface area contributed by atoms with Crippen LogP contribution in [0.2, 0.25) is 0 Å². The molecule has 0 saturated carbocycles. The molecule has 34 heavy (non-hydrogen) atoms. The van der Waals surface area contributed by atoms with Crippen molar-refractivity contribution in [1.29, 1.82) is 0 Å². The normalized spacial score (nSPS) is 11.4. The molecule has 3 nitrogen and oxygen atoms in total. The summed E-state index contributed by atoms with van der Waals surface area (Å²) in [6.45, 7) is 6.65. The SMILES string of the molecule is CC(C)(C)c1cccc(-c2nc(-c3ccccc3)nc(-c3cccc(-c4ccccc4)c3)n2)c1. The van der Waals surface area contributed by atoms with E-state index < -0.39 is 0 Å². The fraction of sp³-hybridized carbons (Fsp3) is 0.129. The lowest BCUT2D eigenvalue weighted by Gasteiger charge is -2.19. The van der Waals surface area contributed by atoms with Crippen molar-refractivity contribution in [3.8, 4) is 45.3 Å². The Morgan fingerprint density at radius 3 is 1.44 bits per heavy atom. The van der Waals surface area contributed by atoms with E-state index in [0.29, 0.717) is 17.5 Å². The Kier molecular flexibility index (Phi) is 5.77. The molecule has 0 unspecified atom stereocenters. The summed E-state index contributed by atoms with van der Waals surface area (Å²) in [4.78, 5) is 14.7. The van der Waals surface area contributed by atoms with Crippen molar-refractivity contribution < 1.29 is 0 Å². The topological polar surface area (TPSA) is 38.7 Å². The molecule has 5 rings (SSSR count). The van der Waals surface area contributed by atoms with Crippen LogP contribution in [-0.4, -0.2) is 15.0 Å². The van der Waals surface area contributed by atoms with E-state index in [4.69, 9.17) is 15.0 Å². The molecule has 0 fully saturated rings. The molecule has 166 valence electrons. The second-order valence-electron chi connectivity index (χ2n) is 9.45. The maximum atomic E-state index is 4.94. The summed E-state index contributed by atoms with van der Waals surface area (Å²) in [5.74, 6) is 2.02. The van der Waals surface area contributed by atoms with E-state index in [1.165, 1.54) is 11.1 Å². The molecule has 0 atom stereocenters. The van der Waals surface area contributed by atoms with Crippen LogP contribution in [0.4, 0.5) is 0 Å². The highest BCUT2D eigenvalue weighted by Crippen LogP contribution is 2.30. The Morgan fingerprint density at radius 2 is 0.853 bits per heavy atom. The Balaban J connectivity index is 1.67. The van der Waals surface area contributed by atoms with Crippen molar-refractivity contribution in [3.05, 3.63) is 115 Å². The van der Waals surface area contributed by atoms with Crippen LogP contribution in [0.15, 0.2) is 109 Å². The van der Waals surface area contributed by atoms with E-state index in [1.54, 1.807) is 0 Å². The predicted octanol–water partition coefficient (Wildman–Crippen LogP) is 7.84. The molecule has 4 aromatic carbocycles. The second-order valence-corrected chi connectivity index (χ2v) is 9.45. The zero-order valence-corrected chi connectivity index (χ0v) is 19.7. The average Bonchev–Trinajstić information content (AvgIpc) is 2.89. The summed E-state index contributed by atoms with van der Waals surface area (Å²) < 4.78 is 0. The Hall–Kier alpha value is -4.11. The van der Waals surface area contributed by atoms with Gasteiger partial charge in [0.1, 0.15) is 0 Å². The molecular formula is C31H27N3. The lowest BCUT2D eigenvalue weighted by Crippen LogP contribution is -2.11.